The quantitative estimate of drug-likeness (QED) is 0.895. The predicted molar refractivity (Wildman–Crippen MR) is 68.3 cm³/mol. The van der Waals surface area contributed by atoms with Crippen LogP contribution in [0.25, 0.3) is 0 Å². The Morgan fingerprint density at radius 1 is 1.44 bits per heavy atom. The van der Waals surface area contributed by atoms with E-state index in [9.17, 15) is 4.39 Å². The SMILES string of the molecule is COc1ccc(F)cc1C1(CC(C)(C)N)COC1. The topological polar surface area (TPSA) is 44.5 Å². The molecule has 1 saturated heterocycles. The fourth-order valence-electron chi connectivity index (χ4n) is 2.67. The van der Waals surface area contributed by atoms with Crippen LogP contribution in [-0.2, 0) is 10.2 Å². The highest BCUT2D eigenvalue weighted by molar-refractivity contribution is 5.42. The minimum Gasteiger partial charge on any atom is -0.496 e. The Morgan fingerprint density at radius 3 is 2.56 bits per heavy atom. The third-order valence-electron chi connectivity index (χ3n) is 3.28. The van der Waals surface area contributed by atoms with Crippen molar-refractivity contribution >= 4 is 0 Å². The molecule has 1 fully saturated rings. The second-order valence-electron chi connectivity index (χ2n) is 5.78. The summed E-state index contributed by atoms with van der Waals surface area (Å²) >= 11 is 0. The second kappa shape index (κ2) is 4.52. The van der Waals surface area contributed by atoms with E-state index < -0.39 is 0 Å². The lowest BCUT2D eigenvalue weighted by atomic mass is 9.70. The van der Waals surface area contributed by atoms with Crippen molar-refractivity contribution < 1.29 is 13.9 Å². The predicted octanol–water partition coefficient (Wildman–Crippen LogP) is 2.23. The van der Waals surface area contributed by atoms with Crippen LogP contribution in [-0.4, -0.2) is 25.9 Å². The smallest absolute Gasteiger partial charge is 0.123 e. The van der Waals surface area contributed by atoms with Gasteiger partial charge in [0, 0.05) is 16.5 Å². The van der Waals surface area contributed by atoms with Crippen LogP contribution in [0.1, 0.15) is 25.8 Å². The molecule has 4 heteroatoms. The zero-order chi connectivity index (χ0) is 13.4. The van der Waals surface area contributed by atoms with Crippen molar-refractivity contribution in [3.05, 3.63) is 29.6 Å². The summed E-state index contributed by atoms with van der Waals surface area (Å²) in [6.07, 6.45) is 0.736. The lowest BCUT2D eigenvalue weighted by molar-refractivity contribution is -0.0728. The highest BCUT2D eigenvalue weighted by Gasteiger charge is 2.45. The molecule has 1 aliphatic heterocycles. The maximum absolute atomic E-state index is 13.5. The van der Waals surface area contributed by atoms with Crippen molar-refractivity contribution in [2.75, 3.05) is 20.3 Å². The van der Waals surface area contributed by atoms with Gasteiger partial charge in [0.05, 0.1) is 20.3 Å². The molecule has 0 spiro atoms. The molecule has 0 amide bonds. The standard InChI is InChI=1S/C14H20FNO2/c1-13(2,16)7-14(8-18-9-14)11-6-10(15)4-5-12(11)17-3/h4-6H,7-9,16H2,1-3H3. The Morgan fingerprint density at radius 2 is 2.11 bits per heavy atom. The summed E-state index contributed by atoms with van der Waals surface area (Å²) in [6.45, 7) is 5.07. The van der Waals surface area contributed by atoms with E-state index in [1.807, 2.05) is 13.8 Å². The van der Waals surface area contributed by atoms with Gasteiger partial charge in [-0.05, 0) is 38.5 Å². The van der Waals surface area contributed by atoms with E-state index in [1.54, 1.807) is 13.2 Å². The summed E-state index contributed by atoms with van der Waals surface area (Å²) in [5.74, 6) is 0.441. The van der Waals surface area contributed by atoms with Gasteiger partial charge in [0.25, 0.3) is 0 Å². The molecule has 0 unspecified atom stereocenters. The average Bonchev–Trinajstić information content (AvgIpc) is 2.22. The van der Waals surface area contributed by atoms with E-state index in [-0.39, 0.29) is 16.8 Å². The zero-order valence-electron chi connectivity index (χ0n) is 11.1. The monoisotopic (exact) mass is 253 g/mol. The molecule has 0 aromatic heterocycles. The van der Waals surface area contributed by atoms with Crippen molar-refractivity contribution in [1.29, 1.82) is 0 Å². The van der Waals surface area contributed by atoms with Crippen LogP contribution in [0.2, 0.25) is 0 Å². The van der Waals surface area contributed by atoms with Gasteiger partial charge >= 0.3 is 0 Å². The minimum atomic E-state index is -0.332. The van der Waals surface area contributed by atoms with Crippen molar-refractivity contribution in [3.63, 3.8) is 0 Å². The first kappa shape index (κ1) is 13.3. The lowest BCUT2D eigenvalue weighted by Gasteiger charge is -2.46. The highest BCUT2D eigenvalue weighted by Crippen LogP contribution is 2.43. The number of nitrogens with two attached hydrogens (primary N) is 1. The molecule has 0 atom stereocenters. The Labute approximate surface area is 107 Å². The Kier molecular flexibility index (Phi) is 3.34. The minimum absolute atomic E-state index is 0.230. The summed E-state index contributed by atoms with van der Waals surface area (Å²) in [4.78, 5) is 0. The third-order valence-corrected chi connectivity index (χ3v) is 3.28. The maximum atomic E-state index is 13.5. The van der Waals surface area contributed by atoms with E-state index in [2.05, 4.69) is 0 Å². The van der Waals surface area contributed by atoms with Crippen LogP contribution >= 0.6 is 0 Å². The summed E-state index contributed by atoms with van der Waals surface area (Å²) in [6, 6.07) is 4.60. The molecule has 1 heterocycles. The van der Waals surface area contributed by atoms with Gasteiger partial charge in [0.15, 0.2) is 0 Å². The molecule has 3 nitrogen and oxygen atoms in total. The van der Waals surface area contributed by atoms with Gasteiger partial charge in [-0.3, -0.25) is 0 Å². The Bertz CT molecular complexity index is 436. The number of hydrogen-bond acceptors (Lipinski definition) is 3. The van der Waals surface area contributed by atoms with Crippen molar-refractivity contribution in [1.82, 2.24) is 0 Å². The van der Waals surface area contributed by atoms with Gasteiger partial charge in [0.2, 0.25) is 0 Å². The van der Waals surface area contributed by atoms with Crippen LogP contribution in [0.5, 0.6) is 5.75 Å². The molecule has 0 saturated carbocycles. The molecular weight excluding hydrogens is 233 g/mol. The van der Waals surface area contributed by atoms with Crippen molar-refractivity contribution in [2.24, 2.45) is 5.73 Å². The van der Waals surface area contributed by atoms with E-state index in [0.29, 0.717) is 19.0 Å². The molecule has 18 heavy (non-hydrogen) atoms. The number of halogens is 1. The first-order chi connectivity index (χ1) is 8.36. The molecular formula is C14H20FNO2. The molecule has 2 N–H and O–H groups in total. The molecule has 0 aliphatic carbocycles. The van der Waals surface area contributed by atoms with E-state index in [4.69, 9.17) is 15.2 Å². The molecule has 0 radical (unpaired) electrons. The van der Waals surface area contributed by atoms with Crippen LogP contribution in [0.4, 0.5) is 4.39 Å². The van der Waals surface area contributed by atoms with Crippen LogP contribution in [0.3, 0.4) is 0 Å². The van der Waals surface area contributed by atoms with E-state index in [1.165, 1.54) is 12.1 Å². The largest absolute Gasteiger partial charge is 0.496 e. The Balaban J connectivity index is 2.41. The fraction of sp³-hybridized carbons (Fsp3) is 0.571. The number of hydrogen-bond donors (Lipinski definition) is 1. The number of rotatable bonds is 4. The lowest BCUT2D eigenvalue weighted by Crippen LogP contribution is -2.53. The molecule has 1 aromatic rings. The zero-order valence-corrected chi connectivity index (χ0v) is 11.1. The molecule has 100 valence electrons. The normalized spacial score (nSPS) is 18.3. The van der Waals surface area contributed by atoms with Crippen molar-refractivity contribution in [2.45, 2.75) is 31.2 Å². The summed E-state index contributed by atoms with van der Waals surface area (Å²) in [5.41, 5.74) is 6.40. The van der Waals surface area contributed by atoms with Crippen LogP contribution < -0.4 is 10.5 Å². The van der Waals surface area contributed by atoms with Crippen molar-refractivity contribution in [3.8, 4) is 5.75 Å². The number of ether oxygens (including phenoxy) is 2. The Hall–Kier alpha value is -1.13. The molecule has 2 rings (SSSR count). The van der Waals surface area contributed by atoms with Gasteiger partial charge in [0.1, 0.15) is 11.6 Å². The van der Waals surface area contributed by atoms with Gasteiger partial charge in [-0.25, -0.2) is 4.39 Å². The van der Waals surface area contributed by atoms with E-state index >= 15 is 0 Å². The van der Waals surface area contributed by atoms with Crippen LogP contribution in [0, 0.1) is 5.82 Å². The number of benzene rings is 1. The highest BCUT2D eigenvalue weighted by atomic mass is 19.1. The first-order valence-corrected chi connectivity index (χ1v) is 6.07. The summed E-state index contributed by atoms with van der Waals surface area (Å²) in [7, 11) is 1.59. The summed E-state index contributed by atoms with van der Waals surface area (Å²) < 4.78 is 24.2. The van der Waals surface area contributed by atoms with Gasteiger partial charge < -0.3 is 15.2 Å². The number of methoxy groups -OCH3 is 1. The van der Waals surface area contributed by atoms with Gasteiger partial charge in [-0.15, -0.1) is 0 Å². The van der Waals surface area contributed by atoms with E-state index in [0.717, 1.165) is 12.0 Å². The first-order valence-electron chi connectivity index (χ1n) is 6.07. The second-order valence-corrected chi connectivity index (χ2v) is 5.78. The van der Waals surface area contributed by atoms with Crippen LogP contribution in [0.15, 0.2) is 18.2 Å². The summed E-state index contributed by atoms with van der Waals surface area (Å²) in [5, 5.41) is 0. The van der Waals surface area contributed by atoms with Gasteiger partial charge in [-0.2, -0.15) is 0 Å². The fourth-order valence-corrected chi connectivity index (χ4v) is 2.67. The maximum Gasteiger partial charge on any atom is 0.123 e. The third kappa shape index (κ3) is 2.49. The van der Waals surface area contributed by atoms with Gasteiger partial charge in [-0.1, -0.05) is 0 Å². The average molecular weight is 253 g/mol. The molecule has 0 bridgehead atoms. The molecule has 1 aromatic carbocycles. The molecule has 1 aliphatic rings.